The molecule has 0 unspecified atom stereocenters. The lowest BCUT2D eigenvalue weighted by molar-refractivity contribution is -0.148. The van der Waals surface area contributed by atoms with Gasteiger partial charge in [-0.3, -0.25) is 9.59 Å². The Hall–Kier alpha value is -1.88. The van der Waals surface area contributed by atoms with Crippen LogP contribution < -0.4 is 0 Å². The van der Waals surface area contributed by atoms with Crippen molar-refractivity contribution in [2.45, 2.75) is 38.8 Å². The number of benzene rings is 1. The minimum absolute atomic E-state index is 0.0638. The summed E-state index contributed by atoms with van der Waals surface area (Å²) in [6, 6.07) is 8.27. The molecule has 1 aromatic rings. The summed E-state index contributed by atoms with van der Waals surface area (Å²) in [7, 11) is 1.63. The maximum absolute atomic E-state index is 13.1. The van der Waals surface area contributed by atoms with Crippen LogP contribution >= 0.6 is 0 Å². The molecule has 5 nitrogen and oxygen atoms in total. The number of rotatable bonds is 4. The van der Waals surface area contributed by atoms with Gasteiger partial charge < -0.3 is 14.5 Å². The Bertz CT molecular complexity index is 616. The van der Waals surface area contributed by atoms with Crippen LogP contribution in [0.3, 0.4) is 0 Å². The van der Waals surface area contributed by atoms with Crippen LogP contribution in [-0.2, 0) is 27.3 Å². The lowest BCUT2D eigenvalue weighted by atomic mass is 9.87. The molecule has 0 radical (unpaired) electrons. The Kier molecular flexibility index (Phi) is 5.19. The van der Waals surface area contributed by atoms with E-state index in [9.17, 15) is 9.59 Å². The standard InChI is InChI=1S/C19H26N2O3/c1-14-17(7-8-18(22)21(14)11-12-24-2)19(23)20-10-9-15-5-3-4-6-16(15)13-20/h3-6,14,17H,7-13H2,1-2H3/t14-,17-/m1/s1. The van der Waals surface area contributed by atoms with E-state index in [1.165, 1.54) is 11.1 Å². The largest absolute Gasteiger partial charge is 0.383 e. The molecule has 2 aliphatic rings. The maximum Gasteiger partial charge on any atom is 0.228 e. The predicted molar refractivity (Wildman–Crippen MR) is 91.3 cm³/mol. The summed E-state index contributed by atoms with van der Waals surface area (Å²) < 4.78 is 5.10. The van der Waals surface area contributed by atoms with Crippen LogP contribution in [0.4, 0.5) is 0 Å². The van der Waals surface area contributed by atoms with Gasteiger partial charge in [-0.05, 0) is 30.9 Å². The summed E-state index contributed by atoms with van der Waals surface area (Å²) in [6.07, 6.45) is 2.02. The number of methoxy groups -OCH3 is 1. The highest BCUT2D eigenvalue weighted by atomic mass is 16.5. The van der Waals surface area contributed by atoms with Gasteiger partial charge in [0.05, 0.1) is 12.5 Å². The van der Waals surface area contributed by atoms with E-state index in [0.29, 0.717) is 32.5 Å². The van der Waals surface area contributed by atoms with Crippen molar-refractivity contribution < 1.29 is 14.3 Å². The van der Waals surface area contributed by atoms with Gasteiger partial charge in [-0.25, -0.2) is 0 Å². The maximum atomic E-state index is 13.1. The van der Waals surface area contributed by atoms with Crippen molar-refractivity contribution in [1.82, 2.24) is 9.80 Å². The summed E-state index contributed by atoms with van der Waals surface area (Å²) in [5, 5.41) is 0. The second-order valence-electron chi connectivity index (χ2n) is 6.74. The van der Waals surface area contributed by atoms with Gasteiger partial charge >= 0.3 is 0 Å². The fourth-order valence-corrected chi connectivity index (χ4v) is 3.87. The van der Waals surface area contributed by atoms with Crippen LogP contribution in [-0.4, -0.2) is 54.5 Å². The van der Waals surface area contributed by atoms with Gasteiger partial charge in [0.2, 0.25) is 11.8 Å². The van der Waals surface area contributed by atoms with Crippen molar-refractivity contribution in [3.8, 4) is 0 Å². The number of amides is 2. The third kappa shape index (κ3) is 3.31. The van der Waals surface area contributed by atoms with Crippen molar-refractivity contribution in [2.24, 2.45) is 5.92 Å². The first-order valence-corrected chi connectivity index (χ1v) is 8.75. The Morgan fingerprint density at radius 2 is 2.00 bits per heavy atom. The SMILES string of the molecule is COCCN1C(=O)CC[C@@H](C(=O)N2CCc3ccccc3C2)[C@H]1C. The third-order valence-corrected chi connectivity index (χ3v) is 5.36. The molecule has 5 heteroatoms. The van der Waals surface area contributed by atoms with Gasteiger partial charge in [-0.1, -0.05) is 24.3 Å². The fraction of sp³-hybridized carbons (Fsp3) is 0.579. The molecule has 0 aromatic heterocycles. The number of likely N-dealkylation sites (tertiary alicyclic amines) is 1. The summed E-state index contributed by atoms with van der Waals surface area (Å²) >= 11 is 0. The van der Waals surface area contributed by atoms with Gasteiger partial charge in [0, 0.05) is 39.2 Å². The molecule has 2 atom stereocenters. The Balaban J connectivity index is 1.69. The molecule has 0 aliphatic carbocycles. The topological polar surface area (TPSA) is 49.9 Å². The zero-order valence-electron chi connectivity index (χ0n) is 14.5. The van der Waals surface area contributed by atoms with Crippen molar-refractivity contribution >= 4 is 11.8 Å². The van der Waals surface area contributed by atoms with Gasteiger partial charge in [0.15, 0.2) is 0 Å². The van der Waals surface area contributed by atoms with Gasteiger partial charge in [-0.2, -0.15) is 0 Å². The molecule has 130 valence electrons. The number of ether oxygens (including phenoxy) is 1. The average Bonchev–Trinajstić information content (AvgIpc) is 2.61. The lowest BCUT2D eigenvalue weighted by Gasteiger charge is -2.41. The molecule has 2 amide bonds. The lowest BCUT2D eigenvalue weighted by Crippen LogP contribution is -2.53. The van der Waals surface area contributed by atoms with Crippen LogP contribution in [0.25, 0.3) is 0 Å². The monoisotopic (exact) mass is 330 g/mol. The minimum Gasteiger partial charge on any atom is -0.383 e. The van der Waals surface area contributed by atoms with E-state index in [0.717, 1.165) is 13.0 Å². The molecule has 1 aromatic carbocycles. The molecule has 1 fully saturated rings. The van der Waals surface area contributed by atoms with E-state index in [4.69, 9.17) is 4.74 Å². The number of carbonyl (C=O) groups excluding carboxylic acids is 2. The first-order chi connectivity index (χ1) is 11.6. The first-order valence-electron chi connectivity index (χ1n) is 8.75. The van der Waals surface area contributed by atoms with Gasteiger partial charge in [0.1, 0.15) is 0 Å². The molecule has 2 heterocycles. The van der Waals surface area contributed by atoms with Gasteiger partial charge in [0.25, 0.3) is 0 Å². The number of piperidine rings is 1. The Labute approximate surface area is 143 Å². The van der Waals surface area contributed by atoms with E-state index < -0.39 is 0 Å². The molecule has 0 spiro atoms. The molecule has 3 rings (SSSR count). The van der Waals surface area contributed by atoms with E-state index in [1.807, 2.05) is 22.8 Å². The summed E-state index contributed by atoms with van der Waals surface area (Å²) in [6.45, 7) is 4.51. The fourth-order valence-electron chi connectivity index (χ4n) is 3.87. The van der Waals surface area contributed by atoms with Crippen LogP contribution in [0.2, 0.25) is 0 Å². The molecule has 0 N–H and O–H groups in total. The highest BCUT2D eigenvalue weighted by molar-refractivity contribution is 5.84. The van der Waals surface area contributed by atoms with E-state index >= 15 is 0 Å². The van der Waals surface area contributed by atoms with Crippen LogP contribution in [0, 0.1) is 5.92 Å². The van der Waals surface area contributed by atoms with Crippen molar-refractivity contribution in [2.75, 3.05) is 26.8 Å². The highest BCUT2D eigenvalue weighted by Crippen LogP contribution is 2.28. The van der Waals surface area contributed by atoms with Gasteiger partial charge in [-0.15, -0.1) is 0 Å². The molecule has 0 bridgehead atoms. The number of fused-ring (bicyclic) bond motifs is 1. The van der Waals surface area contributed by atoms with Crippen LogP contribution in [0.5, 0.6) is 0 Å². The average molecular weight is 330 g/mol. The molecular formula is C19H26N2O3. The van der Waals surface area contributed by atoms with Crippen molar-refractivity contribution in [1.29, 1.82) is 0 Å². The van der Waals surface area contributed by atoms with Crippen molar-refractivity contribution in [3.63, 3.8) is 0 Å². The number of hydrogen-bond acceptors (Lipinski definition) is 3. The van der Waals surface area contributed by atoms with E-state index in [-0.39, 0.29) is 23.8 Å². The molecule has 2 aliphatic heterocycles. The Morgan fingerprint density at radius 3 is 2.75 bits per heavy atom. The zero-order valence-corrected chi connectivity index (χ0v) is 14.5. The normalized spacial score (nSPS) is 24.0. The van der Waals surface area contributed by atoms with E-state index in [1.54, 1.807) is 7.11 Å². The molecule has 0 saturated carbocycles. The third-order valence-electron chi connectivity index (χ3n) is 5.36. The molecule has 24 heavy (non-hydrogen) atoms. The number of nitrogens with zero attached hydrogens (tertiary/aromatic N) is 2. The minimum atomic E-state index is -0.107. The van der Waals surface area contributed by atoms with Crippen molar-refractivity contribution in [3.05, 3.63) is 35.4 Å². The number of hydrogen-bond donors (Lipinski definition) is 0. The predicted octanol–water partition coefficient (Wildman–Crippen LogP) is 1.84. The Morgan fingerprint density at radius 1 is 1.25 bits per heavy atom. The summed E-state index contributed by atoms with van der Waals surface area (Å²) in [5.41, 5.74) is 2.59. The first kappa shape index (κ1) is 17.0. The second-order valence-corrected chi connectivity index (χ2v) is 6.74. The van der Waals surface area contributed by atoms with Crippen LogP contribution in [0.1, 0.15) is 30.9 Å². The van der Waals surface area contributed by atoms with E-state index in [2.05, 4.69) is 18.2 Å². The second kappa shape index (κ2) is 7.34. The molecular weight excluding hydrogens is 304 g/mol. The number of carbonyl (C=O) groups is 2. The van der Waals surface area contributed by atoms with Crippen LogP contribution in [0.15, 0.2) is 24.3 Å². The quantitative estimate of drug-likeness (QED) is 0.846. The smallest absolute Gasteiger partial charge is 0.228 e. The summed E-state index contributed by atoms with van der Waals surface area (Å²) in [5.74, 6) is 0.212. The zero-order chi connectivity index (χ0) is 17.1. The summed E-state index contributed by atoms with van der Waals surface area (Å²) in [4.78, 5) is 29.0. The highest BCUT2D eigenvalue weighted by Gasteiger charge is 2.39. The molecule has 1 saturated heterocycles.